The van der Waals surface area contributed by atoms with Crippen molar-refractivity contribution in [3.63, 3.8) is 0 Å². The molecule has 0 unspecified atom stereocenters. The van der Waals surface area contributed by atoms with Gasteiger partial charge in [-0.25, -0.2) is 0 Å². The number of hydrogen-bond donors (Lipinski definition) is 0. The Labute approximate surface area is 125 Å². The molecule has 0 aliphatic rings. The summed E-state index contributed by atoms with van der Waals surface area (Å²) in [7, 11) is 0. The molecule has 0 amide bonds. The quantitative estimate of drug-likeness (QED) is 0.603. The summed E-state index contributed by atoms with van der Waals surface area (Å²) in [6.45, 7) is 4.40. The highest BCUT2D eigenvalue weighted by Gasteiger charge is 2.07. The number of nitriles is 1. The van der Waals surface area contributed by atoms with Crippen LogP contribution in [-0.2, 0) is 0 Å². The van der Waals surface area contributed by atoms with Gasteiger partial charge in [-0.2, -0.15) is 5.26 Å². The van der Waals surface area contributed by atoms with E-state index in [4.69, 9.17) is 0 Å². The first kappa shape index (κ1) is 13.4. The molecular weight excluding hydrogens is 254 g/mol. The number of hydrogen-bond acceptors (Lipinski definition) is 1. The second-order valence-electron chi connectivity index (χ2n) is 5.59. The van der Waals surface area contributed by atoms with Crippen LogP contribution in [0.4, 0.5) is 0 Å². The lowest BCUT2D eigenvalue weighted by Crippen LogP contribution is -1.88. The summed E-state index contributed by atoms with van der Waals surface area (Å²) in [5, 5.41) is 11.4. The van der Waals surface area contributed by atoms with Crippen molar-refractivity contribution < 1.29 is 0 Å². The largest absolute Gasteiger partial charge is 0.192 e. The predicted molar refractivity (Wildman–Crippen MR) is 88.2 cm³/mol. The average molecular weight is 271 g/mol. The minimum Gasteiger partial charge on any atom is -0.192 e. The molecule has 0 aromatic heterocycles. The van der Waals surface area contributed by atoms with E-state index in [1.165, 1.54) is 16.7 Å². The summed E-state index contributed by atoms with van der Waals surface area (Å²) in [6, 6.07) is 23.0. The van der Waals surface area contributed by atoms with Gasteiger partial charge in [0, 0.05) is 5.39 Å². The van der Waals surface area contributed by atoms with E-state index in [-0.39, 0.29) is 0 Å². The van der Waals surface area contributed by atoms with Crippen LogP contribution in [0.25, 0.3) is 21.9 Å². The molecule has 0 radical (unpaired) electrons. The third-order valence-electron chi connectivity index (χ3n) is 3.93. The zero-order valence-electron chi connectivity index (χ0n) is 12.3. The van der Waals surface area contributed by atoms with Gasteiger partial charge in [0.25, 0.3) is 0 Å². The Kier molecular flexibility index (Phi) is 3.46. The van der Waals surface area contributed by atoms with E-state index in [1.54, 1.807) is 0 Å². The SMILES string of the molecule is CC(C)c1ccc(-c2cccc3c(C#N)cccc23)cc1. The lowest BCUT2D eigenvalue weighted by atomic mass is 9.94. The van der Waals surface area contributed by atoms with Crippen LogP contribution in [0.5, 0.6) is 0 Å². The summed E-state index contributed by atoms with van der Waals surface area (Å²) in [6.07, 6.45) is 0. The third kappa shape index (κ3) is 2.41. The van der Waals surface area contributed by atoms with E-state index in [1.807, 2.05) is 24.3 Å². The average Bonchev–Trinajstić information content (AvgIpc) is 2.53. The molecule has 3 aromatic rings. The molecule has 0 spiro atoms. The van der Waals surface area contributed by atoms with Gasteiger partial charge in [-0.1, -0.05) is 68.4 Å². The van der Waals surface area contributed by atoms with Crippen LogP contribution < -0.4 is 0 Å². The predicted octanol–water partition coefficient (Wildman–Crippen LogP) is 5.50. The van der Waals surface area contributed by atoms with Crippen LogP contribution >= 0.6 is 0 Å². The van der Waals surface area contributed by atoms with Crippen molar-refractivity contribution in [1.29, 1.82) is 5.26 Å². The topological polar surface area (TPSA) is 23.8 Å². The van der Waals surface area contributed by atoms with Gasteiger partial charge in [-0.3, -0.25) is 0 Å². The van der Waals surface area contributed by atoms with Gasteiger partial charge in [0.2, 0.25) is 0 Å². The molecule has 1 nitrogen and oxygen atoms in total. The van der Waals surface area contributed by atoms with Gasteiger partial charge in [0.05, 0.1) is 11.6 Å². The van der Waals surface area contributed by atoms with Crippen LogP contribution in [0.15, 0.2) is 60.7 Å². The number of benzene rings is 3. The Morgan fingerprint density at radius 1 is 0.810 bits per heavy atom. The minimum absolute atomic E-state index is 0.539. The molecule has 0 atom stereocenters. The first-order valence-corrected chi connectivity index (χ1v) is 7.23. The molecule has 0 fully saturated rings. The van der Waals surface area contributed by atoms with Crippen LogP contribution in [0.2, 0.25) is 0 Å². The summed E-state index contributed by atoms with van der Waals surface area (Å²) in [5.74, 6) is 0.539. The first-order valence-electron chi connectivity index (χ1n) is 7.23. The Morgan fingerprint density at radius 3 is 2.14 bits per heavy atom. The lowest BCUT2D eigenvalue weighted by Gasteiger charge is -2.10. The van der Waals surface area contributed by atoms with E-state index in [2.05, 4.69) is 56.3 Å². The second kappa shape index (κ2) is 5.42. The summed E-state index contributed by atoms with van der Waals surface area (Å²) < 4.78 is 0. The highest BCUT2D eigenvalue weighted by molar-refractivity contribution is 5.99. The molecule has 3 aromatic carbocycles. The monoisotopic (exact) mass is 271 g/mol. The van der Waals surface area contributed by atoms with Crippen molar-refractivity contribution in [3.05, 3.63) is 71.8 Å². The molecule has 0 heterocycles. The van der Waals surface area contributed by atoms with Crippen molar-refractivity contribution in [2.75, 3.05) is 0 Å². The Hall–Kier alpha value is -2.59. The Bertz CT molecular complexity index is 821. The molecule has 0 aliphatic carbocycles. The van der Waals surface area contributed by atoms with Crippen molar-refractivity contribution in [1.82, 2.24) is 0 Å². The highest BCUT2D eigenvalue weighted by Crippen LogP contribution is 2.31. The van der Waals surface area contributed by atoms with Crippen LogP contribution in [0.3, 0.4) is 0 Å². The van der Waals surface area contributed by atoms with Gasteiger partial charge < -0.3 is 0 Å². The van der Waals surface area contributed by atoms with Crippen molar-refractivity contribution >= 4 is 10.8 Å². The molecule has 1 heteroatoms. The maximum Gasteiger partial charge on any atom is 0.0998 e. The van der Waals surface area contributed by atoms with Gasteiger partial charge in [0.1, 0.15) is 0 Å². The summed E-state index contributed by atoms with van der Waals surface area (Å²) >= 11 is 0. The molecule has 21 heavy (non-hydrogen) atoms. The standard InChI is InChI=1S/C20H17N/c1-14(2)15-9-11-16(12-10-15)18-6-4-7-19-17(13-21)5-3-8-20(18)19/h3-12,14H,1-2H3. The molecule has 0 N–H and O–H groups in total. The van der Waals surface area contributed by atoms with E-state index in [9.17, 15) is 5.26 Å². The van der Waals surface area contributed by atoms with E-state index < -0.39 is 0 Å². The fraction of sp³-hybridized carbons (Fsp3) is 0.150. The molecule has 102 valence electrons. The Morgan fingerprint density at radius 2 is 1.48 bits per heavy atom. The molecule has 0 saturated heterocycles. The van der Waals surface area contributed by atoms with Crippen LogP contribution in [0, 0.1) is 11.3 Å². The van der Waals surface area contributed by atoms with E-state index in [0.29, 0.717) is 5.92 Å². The fourth-order valence-corrected chi connectivity index (χ4v) is 2.71. The van der Waals surface area contributed by atoms with Crippen LogP contribution in [0.1, 0.15) is 30.9 Å². The van der Waals surface area contributed by atoms with Gasteiger partial charge in [-0.15, -0.1) is 0 Å². The fourth-order valence-electron chi connectivity index (χ4n) is 2.71. The highest BCUT2D eigenvalue weighted by atomic mass is 14.2. The summed E-state index contributed by atoms with van der Waals surface area (Å²) in [5.41, 5.74) is 4.45. The van der Waals surface area contributed by atoms with E-state index in [0.717, 1.165) is 16.3 Å². The summed E-state index contributed by atoms with van der Waals surface area (Å²) in [4.78, 5) is 0. The normalized spacial score (nSPS) is 10.8. The molecule has 0 aliphatic heterocycles. The van der Waals surface area contributed by atoms with Crippen molar-refractivity contribution in [2.24, 2.45) is 0 Å². The minimum atomic E-state index is 0.539. The van der Waals surface area contributed by atoms with E-state index >= 15 is 0 Å². The second-order valence-corrected chi connectivity index (χ2v) is 5.59. The van der Waals surface area contributed by atoms with Crippen molar-refractivity contribution in [3.8, 4) is 17.2 Å². The zero-order valence-corrected chi connectivity index (χ0v) is 12.3. The molecule has 0 bridgehead atoms. The number of fused-ring (bicyclic) bond motifs is 1. The number of rotatable bonds is 2. The molecule has 0 saturated carbocycles. The molecular formula is C20H17N. The van der Waals surface area contributed by atoms with Crippen LogP contribution in [-0.4, -0.2) is 0 Å². The lowest BCUT2D eigenvalue weighted by molar-refractivity contribution is 0.867. The maximum atomic E-state index is 9.24. The first-order chi connectivity index (χ1) is 10.2. The van der Waals surface area contributed by atoms with Gasteiger partial charge >= 0.3 is 0 Å². The number of nitrogens with zero attached hydrogens (tertiary/aromatic N) is 1. The molecule has 3 rings (SSSR count). The maximum absolute atomic E-state index is 9.24. The zero-order chi connectivity index (χ0) is 14.8. The van der Waals surface area contributed by atoms with Gasteiger partial charge in [-0.05, 0) is 34.1 Å². The van der Waals surface area contributed by atoms with Crippen molar-refractivity contribution in [2.45, 2.75) is 19.8 Å². The third-order valence-corrected chi connectivity index (χ3v) is 3.93. The smallest absolute Gasteiger partial charge is 0.0998 e. The van der Waals surface area contributed by atoms with Gasteiger partial charge in [0.15, 0.2) is 0 Å². The Balaban J connectivity index is 2.19.